The molecule has 2 heterocycles. The second kappa shape index (κ2) is 3.76. The third kappa shape index (κ3) is 1.72. The number of aryl methyl sites for hydroxylation is 1. The number of ketones is 1. The Kier molecular flexibility index (Phi) is 2.45. The lowest BCUT2D eigenvalue weighted by Crippen LogP contribution is -2.02. The van der Waals surface area contributed by atoms with Crippen molar-refractivity contribution < 1.29 is 4.79 Å². The fourth-order valence-electron chi connectivity index (χ4n) is 1.53. The molecule has 15 heavy (non-hydrogen) atoms. The number of carbonyl (C=O) groups excluding carboxylic acids is 1. The topological polar surface area (TPSA) is 60.7 Å². The van der Waals surface area contributed by atoms with Crippen molar-refractivity contribution >= 4 is 16.9 Å². The number of hydrogen-bond donors (Lipinski definition) is 0. The van der Waals surface area contributed by atoms with Crippen LogP contribution in [-0.2, 0) is 17.8 Å². The minimum atomic E-state index is 0.0843. The predicted molar refractivity (Wildman–Crippen MR) is 55.4 cm³/mol. The van der Waals surface area contributed by atoms with Gasteiger partial charge in [0.2, 0.25) is 0 Å². The van der Waals surface area contributed by atoms with E-state index in [0.717, 1.165) is 17.7 Å². The van der Waals surface area contributed by atoms with Crippen molar-refractivity contribution in [1.29, 1.82) is 0 Å². The first-order chi connectivity index (χ1) is 7.22. The Morgan fingerprint density at radius 1 is 1.40 bits per heavy atom. The maximum atomic E-state index is 11.0. The molecule has 0 aliphatic carbocycles. The SMILES string of the molecule is CCn1cnc2c(CC(C)=O)ncnc21. The summed E-state index contributed by atoms with van der Waals surface area (Å²) in [6, 6.07) is 0. The Balaban J connectivity index is 2.56. The Labute approximate surface area is 87.2 Å². The highest BCUT2D eigenvalue weighted by Crippen LogP contribution is 2.13. The largest absolute Gasteiger partial charge is 0.315 e. The summed E-state index contributed by atoms with van der Waals surface area (Å²) in [4.78, 5) is 23.5. The Morgan fingerprint density at radius 2 is 2.20 bits per heavy atom. The smallest absolute Gasteiger partial charge is 0.163 e. The quantitative estimate of drug-likeness (QED) is 0.747. The molecular weight excluding hydrogens is 192 g/mol. The number of aromatic nitrogens is 4. The lowest BCUT2D eigenvalue weighted by atomic mass is 10.2. The van der Waals surface area contributed by atoms with Crippen molar-refractivity contribution in [3.8, 4) is 0 Å². The summed E-state index contributed by atoms with van der Waals surface area (Å²) in [5.41, 5.74) is 2.23. The number of fused-ring (bicyclic) bond motifs is 1. The minimum Gasteiger partial charge on any atom is -0.315 e. The summed E-state index contributed by atoms with van der Waals surface area (Å²) < 4.78 is 1.93. The van der Waals surface area contributed by atoms with Gasteiger partial charge in [-0.05, 0) is 13.8 Å². The molecule has 0 bridgehead atoms. The summed E-state index contributed by atoms with van der Waals surface area (Å²) in [7, 11) is 0. The van der Waals surface area contributed by atoms with E-state index in [1.807, 2.05) is 11.5 Å². The zero-order valence-electron chi connectivity index (χ0n) is 8.77. The Morgan fingerprint density at radius 3 is 2.87 bits per heavy atom. The van der Waals surface area contributed by atoms with Gasteiger partial charge in [0.15, 0.2) is 5.65 Å². The molecule has 0 aliphatic heterocycles. The molecule has 5 heteroatoms. The maximum Gasteiger partial charge on any atom is 0.163 e. The van der Waals surface area contributed by atoms with Crippen molar-refractivity contribution in [3.63, 3.8) is 0 Å². The minimum absolute atomic E-state index is 0.0843. The zero-order valence-corrected chi connectivity index (χ0v) is 8.77. The van der Waals surface area contributed by atoms with Crippen LogP contribution < -0.4 is 0 Å². The monoisotopic (exact) mass is 204 g/mol. The number of Topliss-reactive ketones (excluding diaryl/α,β-unsaturated/α-hetero) is 1. The lowest BCUT2D eigenvalue weighted by Gasteiger charge is -1.99. The van der Waals surface area contributed by atoms with Gasteiger partial charge in [-0.2, -0.15) is 0 Å². The molecule has 0 saturated heterocycles. The van der Waals surface area contributed by atoms with Crippen molar-refractivity contribution in [3.05, 3.63) is 18.3 Å². The zero-order chi connectivity index (χ0) is 10.8. The Hall–Kier alpha value is -1.78. The van der Waals surface area contributed by atoms with Gasteiger partial charge in [0.1, 0.15) is 17.6 Å². The summed E-state index contributed by atoms with van der Waals surface area (Å²) >= 11 is 0. The van der Waals surface area contributed by atoms with Crippen LogP contribution in [0.25, 0.3) is 11.2 Å². The highest BCUT2D eigenvalue weighted by atomic mass is 16.1. The molecule has 0 spiro atoms. The maximum absolute atomic E-state index is 11.0. The first-order valence-electron chi connectivity index (χ1n) is 4.86. The number of carbonyl (C=O) groups is 1. The Bertz CT molecular complexity index is 503. The van der Waals surface area contributed by atoms with Crippen LogP contribution in [0.15, 0.2) is 12.7 Å². The van der Waals surface area contributed by atoms with E-state index in [4.69, 9.17) is 0 Å². The van der Waals surface area contributed by atoms with E-state index in [9.17, 15) is 4.79 Å². The highest BCUT2D eigenvalue weighted by Gasteiger charge is 2.10. The molecule has 0 N–H and O–H groups in total. The van der Waals surface area contributed by atoms with Gasteiger partial charge in [0.25, 0.3) is 0 Å². The molecule has 0 saturated carbocycles. The number of hydrogen-bond acceptors (Lipinski definition) is 4. The van der Waals surface area contributed by atoms with Crippen LogP contribution >= 0.6 is 0 Å². The molecule has 5 nitrogen and oxygen atoms in total. The van der Waals surface area contributed by atoms with E-state index < -0.39 is 0 Å². The van der Waals surface area contributed by atoms with Gasteiger partial charge in [-0.3, -0.25) is 4.79 Å². The summed E-state index contributed by atoms with van der Waals surface area (Å²) in [5.74, 6) is 0.0843. The number of nitrogens with zero attached hydrogens (tertiary/aromatic N) is 4. The van der Waals surface area contributed by atoms with Crippen LogP contribution in [0.5, 0.6) is 0 Å². The van der Waals surface area contributed by atoms with Gasteiger partial charge < -0.3 is 4.57 Å². The second-order valence-electron chi connectivity index (χ2n) is 3.40. The second-order valence-corrected chi connectivity index (χ2v) is 3.40. The summed E-state index contributed by atoms with van der Waals surface area (Å²) in [6.07, 6.45) is 3.52. The molecular formula is C10H12N4O. The molecule has 0 aliphatic rings. The average Bonchev–Trinajstić information content (AvgIpc) is 2.61. The first kappa shape index (κ1) is 9.76. The van der Waals surface area contributed by atoms with E-state index in [0.29, 0.717) is 12.1 Å². The van der Waals surface area contributed by atoms with E-state index in [-0.39, 0.29) is 5.78 Å². The highest BCUT2D eigenvalue weighted by molar-refractivity contribution is 5.83. The summed E-state index contributed by atoms with van der Waals surface area (Å²) in [6.45, 7) is 4.38. The number of imidazole rings is 1. The number of rotatable bonds is 3. The predicted octanol–water partition coefficient (Wildman–Crippen LogP) is 0.978. The average molecular weight is 204 g/mol. The molecule has 0 unspecified atom stereocenters. The van der Waals surface area contributed by atoms with E-state index in [2.05, 4.69) is 15.0 Å². The molecule has 0 aromatic carbocycles. The molecule has 0 atom stereocenters. The van der Waals surface area contributed by atoms with Crippen LogP contribution in [0.4, 0.5) is 0 Å². The van der Waals surface area contributed by atoms with Crippen molar-refractivity contribution in [1.82, 2.24) is 19.5 Å². The van der Waals surface area contributed by atoms with E-state index in [1.165, 1.54) is 6.33 Å². The van der Waals surface area contributed by atoms with Crippen molar-refractivity contribution in [2.45, 2.75) is 26.8 Å². The van der Waals surface area contributed by atoms with Gasteiger partial charge in [0, 0.05) is 6.54 Å². The van der Waals surface area contributed by atoms with Gasteiger partial charge in [0.05, 0.1) is 18.4 Å². The lowest BCUT2D eigenvalue weighted by molar-refractivity contribution is -0.116. The first-order valence-corrected chi connectivity index (χ1v) is 4.86. The van der Waals surface area contributed by atoms with E-state index in [1.54, 1.807) is 13.3 Å². The van der Waals surface area contributed by atoms with E-state index >= 15 is 0 Å². The fraction of sp³-hybridized carbons (Fsp3) is 0.400. The van der Waals surface area contributed by atoms with Gasteiger partial charge in [-0.15, -0.1) is 0 Å². The normalized spacial score (nSPS) is 10.8. The molecule has 78 valence electrons. The molecule has 2 rings (SSSR count). The molecule has 0 amide bonds. The summed E-state index contributed by atoms with van der Waals surface area (Å²) in [5, 5.41) is 0. The van der Waals surface area contributed by atoms with Crippen LogP contribution in [0.1, 0.15) is 19.5 Å². The van der Waals surface area contributed by atoms with Crippen molar-refractivity contribution in [2.24, 2.45) is 0 Å². The third-order valence-electron chi connectivity index (χ3n) is 2.23. The van der Waals surface area contributed by atoms with Crippen LogP contribution in [-0.4, -0.2) is 25.3 Å². The van der Waals surface area contributed by atoms with Crippen LogP contribution in [0.2, 0.25) is 0 Å². The fourth-order valence-corrected chi connectivity index (χ4v) is 1.53. The molecule has 2 aromatic heterocycles. The van der Waals surface area contributed by atoms with Crippen LogP contribution in [0.3, 0.4) is 0 Å². The van der Waals surface area contributed by atoms with Gasteiger partial charge >= 0.3 is 0 Å². The molecule has 0 fully saturated rings. The molecule has 2 aromatic rings. The third-order valence-corrected chi connectivity index (χ3v) is 2.23. The van der Waals surface area contributed by atoms with Crippen molar-refractivity contribution in [2.75, 3.05) is 0 Å². The van der Waals surface area contributed by atoms with Crippen LogP contribution in [0, 0.1) is 0 Å². The van der Waals surface area contributed by atoms with Gasteiger partial charge in [-0.25, -0.2) is 15.0 Å². The standard InChI is InChI=1S/C10H12N4O/c1-3-14-6-13-9-8(4-7(2)15)11-5-12-10(9)14/h5-6H,3-4H2,1-2H3. The van der Waals surface area contributed by atoms with Gasteiger partial charge in [-0.1, -0.05) is 0 Å². The molecule has 0 radical (unpaired) electrons.